The van der Waals surface area contributed by atoms with Crippen molar-refractivity contribution in [1.29, 1.82) is 0 Å². The van der Waals surface area contributed by atoms with Crippen molar-refractivity contribution in [2.45, 2.75) is 26.9 Å². The van der Waals surface area contributed by atoms with Crippen molar-refractivity contribution in [3.63, 3.8) is 0 Å². The Balaban J connectivity index is 0.000000203. The molecule has 3 aromatic carbocycles. The number of pyridine rings is 2. The predicted octanol–water partition coefficient (Wildman–Crippen LogP) is 6.06. The summed E-state index contributed by atoms with van der Waals surface area (Å²) in [7, 11) is 3.78. The van der Waals surface area contributed by atoms with Gasteiger partial charge >= 0.3 is 11.9 Å². The Labute approximate surface area is 345 Å². The number of likely N-dealkylation sites (N-methyl/N-ethyl adjacent to an activating group) is 1. The van der Waals surface area contributed by atoms with Gasteiger partial charge in [0.1, 0.15) is 36.9 Å². The van der Waals surface area contributed by atoms with Crippen LogP contribution in [0.25, 0.3) is 21.5 Å². The minimum absolute atomic E-state index is 0.0295. The summed E-state index contributed by atoms with van der Waals surface area (Å²) in [6.45, 7) is 5.31. The average molecular weight is 812 g/mol. The van der Waals surface area contributed by atoms with Crippen LogP contribution in [-0.2, 0) is 22.6 Å². The zero-order chi connectivity index (χ0) is 42.4. The Hall–Kier alpha value is -7.46. The van der Waals surface area contributed by atoms with Crippen molar-refractivity contribution in [2.75, 3.05) is 51.1 Å². The number of esters is 2. The quantitative estimate of drug-likeness (QED) is 0.0899. The summed E-state index contributed by atoms with van der Waals surface area (Å²) in [6.07, 6.45) is 6.79. The number of carbonyl (C=O) groups excluding carboxylic acids is 2. The molecule has 7 rings (SSSR count). The molecular formula is C44H45N9O7. The van der Waals surface area contributed by atoms with Crippen LogP contribution in [0.3, 0.4) is 0 Å². The molecular weight excluding hydrogens is 767 g/mol. The van der Waals surface area contributed by atoms with Crippen LogP contribution in [0.5, 0.6) is 5.75 Å². The van der Waals surface area contributed by atoms with Crippen LogP contribution in [-0.4, -0.2) is 86.8 Å². The molecule has 0 bridgehead atoms. The number of ether oxygens (including phenoxy) is 3. The van der Waals surface area contributed by atoms with Gasteiger partial charge in [-0.15, -0.1) is 0 Å². The lowest BCUT2D eigenvalue weighted by molar-refractivity contribution is 0.0438. The Morgan fingerprint density at radius 3 is 1.55 bits per heavy atom. The van der Waals surface area contributed by atoms with Crippen LogP contribution >= 0.6 is 0 Å². The number of rotatable bonds is 15. The Morgan fingerprint density at radius 1 is 0.600 bits per heavy atom. The fraction of sp³-hybridized carbons (Fsp3) is 0.227. The topological polar surface area (TPSA) is 185 Å². The smallest absolute Gasteiger partial charge is 0.358 e. The summed E-state index contributed by atoms with van der Waals surface area (Å²) < 4.78 is 18.5. The minimum Gasteiger partial charge on any atom is -0.490 e. The van der Waals surface area contributed by atoms with Crippen molar-refractivity contribution < 1.29 is 23.8 Å². The predicted molar refractivity (Wildman–Crippen MR) is 229 cm³/mol. The summed E-state index contributed by atoms with van der Waals surface area (Å²) in [5.74, 6) is -0.512. The van der Waals surface area contributed by atoms with Crippen LogP contribution in [0.4, 0.5) is 22.7 Å². The van der Waals surface area contributed by atoms with Crippen molar-refractivity contribution in [1.82, 2.24) is 34.4 Å². The highest BCUT2D eigenvalue weighted by atomic mass is 16.6. The lowest BCUT2D eigenvalue weighted by Crippen LogP contribution is -2.28. The molecule has 0 saturated carbocycles. The molecule has 0 fully saturated rings. The summed E-state index contributed by atoms with van der Waals surface area (Å²) in [5, 5.41) is 18.2. The molecule has 0 radical (unpaired) electrons. The maximum atomic E-state index is 12.8. The Bertz CT molecular complexity index is 2690. The third kappa shape index (κ3) is 10.7. The van der Waals surface area contributed by atoms with Crippen molar-refractivity contribution in [3.8, 4) is 5.75 Å². The van der Waals surface area contributed by atoms with Crippen LogP contribution < -0.4 is 26.5 Å². The molecule has 0 amide bonds. The van der Waals surface area contributed by atoms with E-state index in [1.54, 1.807) is 38.6 Å². The number of aromatic nitrogens is 6. The second-order valence-electron chi connectivity index (χ2n) is 13.4. The molecule has 0 spiro atoms. The molecule has 4 heterocycles. The molecule has 0 atom stereocenters. The number of anilines is 4. The lowest BCUT2D eigenvalue weighted by Gasteiger charge is -2.13. The molecule has 0 saturated heterocycles. The normalized spacial score (nSPS) is 10.8. The zero-order valence-electron chi connectivity index (χ0n) is 33.7. The Morgan fingerprint density at radius 2 is 1.07 bits per heavy atom. The summed E-state index contributed by atoms with van der Waals surface area (Å²) in [6, 6.07) is 27.5. The van der Waals surface area contributed by atoms with Crippen molar-refractivity contribution >= 4 is 56.2 Å². The number of fused-ring (bicyclic) bond motifs is 2. The first-order valence-corrected chi connectivity index (χ1v) is 19.3. The van der Waals surface area contributed by atoms with E-state index in [-0.39, 0.29) is 53.7 Å². The molecule has 0 aliphatic heterocycles. The highest BCUT2D eigenvalue weighted by Gasteiger charge is 2.18. The van der Waals surface area contributed by atoms with Gasteiger partial charge in [-0.2, -0.15) is 10.2 Å². The standard InChI is InChI=1S/C24H22N4O4.C20H23N5O3/c1-2-28-23(29)20(26-22-16-25-15-17-8-6-7-11-19(17)22)14-21(27-28)24(30)32-13-12-31-18-9-4-3-5-10-18;1-4-25-19(26)16(11-17(23-25)20(27)28-10-9-24(2)3)22-18-13-21-12-14-7-5-6-8-15(14)18/h3-11,14-16,26H,2,12-13H2,1H3;5-8,11-13,22H,4,9-10H2,1-3H3. The molecule has 4 aromatic heterocycles. The van der Waals surface area contributed by atoms with Crippen LogP contribution in [0.1, 0.15) is 34.8 Å². The number of benzene rings is 3. The average Bonchev–Trinajstić information content (AvgIpc) is 3.27. The molecule has 2 N–H and O–H groups in total. The highest BCUT2D eigenvalue weighted by Crippen LogP contribution is 2.25. The maximum absolute atomic E-state index is 12.8. The van der Waals surface area contributed by atoms with E-state index in [4.69, 9.17) is 14.2 Å². The first-order chi connectivity index (χ1) is 29.1. The van der Waals surface area contributed by atoms with E-state index in [0.29, 0.717) is 36.8 Å². The largest absolute Gasteiger partial charge is 0.490 e. The van der Waals surface area contributed by atoms with E-state index in [1.165, 1.54) is 21.5 Å². The molecule has 16 heteroatoms. The van der Waals surface area contributed by atoms with Crippen LogP contribution in [0.15, 0.2) is 125 Å². The molecule has 16 nitrogen and oxygen atoms in total. The molecule has 308 valence electrons. The molecule has 60 heavy (non-hydrogen) atoms. The number of hydrogen-bond acceptors (Lipinski definition) is 14. The summed E-state index contributed by atoms with van der Waals surface area (Å²) >= 11 is 0. The summed E-state index contributed by atoms with van der Waals surface area (Å²) in [5.41, 5.74) is 1.24. The number of aryl methyl sites for hydroxylation is 2. The van der Waals surface area contributed by atoms with Gasteiger partial charge in [0.2, 0.25) is 0 Å². The molecule has 7 aromatic rings. The summed E-state index contributed by atoms with van der Waals surface area (Å²) in [4.78, 5) is 60.7. The number of hydrogen-bond donors (Lipinski definition) is 2. The van der Waals surface area contributed by atoms with Gasteiger partial charge in [0.05, 0.1) is 23.8 Å². The molecule has 0 aliphatic carbocycles. The van der Waals surface area contributed by atoms with E-state index in [1.807, 2.05) is 97.9 Å². The second kappa shape index (κ2) is 20.3. The fourth-order valence-corrected chi connectivity index (χ4v) is 5.89. The monoisotopic (exact) mass is 811 g/mol. The van der Waals surface area contributed by atoms with Gasteiger partial charge in [-0.3, -0.25) is 19.6 Å². The van der Waals surface area contributed by atoms with Crippen molar-refractivity contribution in [3.05, 3.63) is 148 Å². The SMILES string of the molecule is CCn1nc(C(=O)OCCN(C)C)cc(Nc2cncc3ccccc23)c1=O.CCn1nc(C(=O)OCCOc2ccccc2)cc(Nc2cncc3ccccc23)c1=O. The van der Waals surface area contributed by atoms with Crippen molar-refractivity contribution in [2.24, 2.45) is 0 Å². The lowest BCUT2D eigenvalue weighted by atomic mass is 10.1. The highest BCUT2D eigenvalue weighted by molar-refractivity contribution is 5.96. The van der Waals surface area contributed by atoms with E-state index in [2.05, 4.69) is 30.8 Å². The van der Waals surface area contributed by atoms with Gasteiger partial charge in [0.15, 0.2) is 11.4 Å². The van der Waals surface area contributed by atoms with E-state index in [9.17, 15) is 19.2 Å². The third-order valence-corrected chi connectivity index (χ3v) is 8.94. The van der Waals surface area contributed by atoms with Gasteiger partial charge in [-0.1, -0.05) is 66.7 Å². The Kier molecular flexibility index (Phi) is 14.3. The minimum atomic E-state index is -0.636. The van der Waals surface area contributed by atoms with Crippen LogP contribution in [0.2, 0.25) is 0 Å². The molecule has 0 unspecified atom stereocenters. The van der Waals surface area contributed by atoms with Crippen LogP contribution in [0, 0.1) is 0 Å². The second-order valence-corrected chi connectivity index (χ2v) is 13.4. The fourth-order valence-electron chi connectivity index (χ4n) is 5.89. The van der Waals surface area contributed by atoms with Gasteiger partial charge in [-0.25, -0.2) is 19.0 Å². The van der Waals surface area contributed by atoms with E-state index in [0.717, 1.165) is 21.5 Å². The van der Waals surface area contributed by atoms with E-state index < -0.39 is 11.9 Å². The molecule has 0 aliphatic rings. The maximum Gasteiger partial charge on any atom is 0.358 e. The van der Waals surface area contributed by atoms with Gasteiger partial charge < -0.3 is 29.7 Å². The van der Waals surface area contributed by atoms with Gasteiger partial charge in [-0.05, 0) is 40.1 Å². The number of para-hydroxylation sites is 1. The first kappa shape index (κ1) is 42.2. The number of carbonyl (C=O) groups is 2. The van der Waals surface area contributed by atoms with Gasteiger partial charge in [0, 0.05) is 65.7 Å². The number of nitrogens with zero attached hydrogens (tertiary/aromatic N) is 7. The van der Waals surface area contributed by atoms with Gasteiger partial charge in [0.25, 0.3) is 11.1 Å². The van der Waals surface area contributed by atoms with E-state index >= 15 is 0 Å². The zero-order valence-corrected chi connectivity index (χ0v) is 33.7. The first-order valence-electron chi connectivity index (χ1n) is 19.3. The number of nitrogens with one attached hydrogen (secondary N) is 2. The third-order valence-electron chi connectivity index (χ3n) is 8.94.